The SMILES string of the molecule is CCSSCCNC(=O)CCCC[C@@H]1SC[C@@H]2NC(=O)N[C@@H]21.NC(=O)CCSSc1ccc([N+](=O)[O-])cn1.O=C(CCCC[C@@H]1SC[C@@H]2NC(=O)N[C@@H]21)NCCS. The summed E-state index contributed by atoms with van der Waals surface area (Å²) >= 11 is 7.90. The van der Waals surface area contributed by atoms with Gasteiger partial charge in [-0.15, -0.1) is 0 Å². The molecule has 4 saturated heterocycles. The van der Waals surface area contributed by atoms with Crippen molar-refractivity contribution in [1.82, 2.24) is 36.9 Å². The maximum atomic E-state index is 11.7. The fraction of sp³-hybridized carbons (Fsp3) is 0.706. The zero-order valence-electron chi connectivity index (χ0n) is 31.9. The van der Waals surface area contributed by atoms with Crippen LogP contribution < -0.4 is 37.6 Å². The standard InChI is InChI=1S/C14H25N3O2S3.C12H21N3O2S2.C8H9N3O3S2/c1-2-21-22-8-7-15-12(18)6-4-3-5-11-13-10(9-20-11)16-14(19)17-13;16-10(13-5-6-18)4-2-1-3-9-11-8(7-19-9)14-12(17)15-11;9-7(12)3-4-15-16-8-2-1-6(5-10-8)11(13)14/h10-11,13H,2-9H2,1H3,(H,15,18)(H2,16,17,19);8-9,11,18H,1-7H2,(H,13,16)(H2,14,15,17);1-2,5H,3-4H2,(H2,9,12)/t10-,11-,13-;8-,9-,11-;/m00./s1. The van der Waals surface area contributed by atoms with E-state index < -0.39 is 4.92 Å². The first kappa shape index (κ1) is 49.3. The highest BCUT2D eigenvalue weighted by Crippen LogP contribution is 2.34. The van der Waals surface area contributed by atoms with Crippen LogP contribution in [0.25, 0.3) is 0 Å². The third kappa shape index (κ3) is 19.7. The van der Waals surface area contributed by atoms with Gasteiger partial charge in [0, 0.05) is 83.4 Å². The second-order valence-corrected chi connectivity index (χ2v) is 21.4. The Kier molecular flexibility index (Phi) is 24.6. The molecule has 0 radical (unpaired) electrons. The molecule has 8 N–H and O–H groups in total. The third-order valence-corrected chi connectivity index (χ3v) is 16.8. The van der Waals surface area contributed by atoms with Gasteiger partial charge in [-0.05, 0) is 42.5 Å². The Hall–Kier alpha value is -2.05. The van der Waals surface area contributed by atoms with Crippen LogP contribution in [0.1, 0.15) is 64.7 Å². The molecular weight excluding hydrogens is 871 g/mol. The number of aromatic nitrogens is 1. The maximum Gasteiger partial charge on any atom is 0.315 e. The molecular formula is C34H55N9O7S7. The zero-order chi connectivity index (χ0) is 41.4. The largest absolute Gasteiger partial charge is 0.370 e. The average molecular weight is 926 g/mol. The normalized spacial score (nSPS) is 22.6. The molecule has 4 fully saturated rings. The van der Waals surface area contributed by atoms with Crippen molar-refractivity contribution in [3.05, 3.63) is 28.4 Å². The second-order valence-electron chi connectivity index (χ2n) is 13.1. The summed E-state index contributed by atoms with van der Waals surface area (Å²) in [4.78, 5) is 69.8. The summed E-state index contributed by atoms with van der Waals surface area (Å²) in [5.74, 6) is 5.28. The van der Waals surface area contributed by atoms with E-state index in [0.717, 1.165) is 68.1 Å². The summed E-state index contributed by atoms with van der Waals surface area (Å²) in [6, 6.07) is 4.04. The Labute approximate surface area is 364 Å². The second kappa shape index (κ2) is 28.4. The van der Waals surface area contributed by atoms with E-state index in [9.17, 15) is 34.1 Å². The lowest BCUT2D eigenvalue weighted by molar-refractivity contribution is -0.385. The van der Waals surface area contributed by atoms with Crippen molar-refractivity contribution in [2.45, 2.75) is 104 Å². The van der Waals surface area contributed by atoms with E-state index in [2.05, 4.69) is 56.4 Å². The van der Waals surface area contributed by atoms with Crippen LogP contribution in [0.15, 0.2) is 23.4 Å². The quantitative estimate of drug-likeness (QED) is 0.0187. The number of hydrogen-bond acceptors (Lipinski definition) is 15. The number of nitrogens with one attached hydrogen (secondary N) is 6. The lowest BCUT2D eigenvalue weighted by Gasteiger charge is -2.16. The predicted molar refractivity (Wildman–Crippen MR) is 241 cm³/mol. The molecule has 7 amide bonds. The number of hydrogen-bond donors (Lipinski definition) is 8. The highest BCUT2D eigenvalue weighted by Gasteiger charge is 2.43. The first-order valence-electron chi connectivity index (χ1n) is 18.9. The summed E-state index contributed by atoms with van der Waals surface area (Å²) in [5, 5.41) is 29.7. The lowest BCUT2D eigenvalue weighted by Crippen LogP contribution is -2.36. The molecule has 1 aromatic rings. The fourth-order valence-corrected chi connectivity index (χ4v) is 12.7. The van der Waals surface area contributed by atoms with E-state index in [1.54, 1.807) is 6.07 Å². The van der Waals surface area contributed by atoms with Gasteiger partial charge < -0.3 is 37.6 Å². The van der Waals surface area contributed by atoms with Crippen LogP contribution in [0.5, 0.6) is 0 Å². The number of fused-ring (bicyclic) bond motifs is 2. The summed E-state index contributed by atoms with van der Waals surface area (Å²) in [6.45, 7) is 3.53. The molecule has 0 unspecified atom stereocenters. The minimum atomic E-state index is -0.498. The summed E-state index contributed by atoms with van der Waals surface area (Å²) in [7, 11) is 6.43. The molecule has 1 aromatic heterocycles. The van der Waals surface area contributed by atoms with Crippen LogP contribution in [0.2, 0.25) is 0 Å². The van der Waals surface area contributed by atoms with Gasteiger partial charge in [0.15, 0.2) is 0 Å². The molecule has 0 spiro atoms. The van der Waals surface area contributed by atoms with Crippen molar-refractivity contribution in [1.29, 1.82) is 0 Å². The summed E-state index contributed by atoms with van der Waals surface area (Å²) < 4.78 is 0. The molecule has 4 aliphatic rings. The molecule has 4 aliphatic heterocycles. The first-order valence-corrected chi connectivity index (χ1v) is 26.5. The molecule has 0 saturated carbocycles. The van der Waals surface area contributed by atoms with E-state index in [1.165, 1.54) is 33.9 Å². The molecule has 16 nitrogen and oxygen atoms in total. The van der Waals surface area contributed by atoms with Gasteiger partial charge in [0.1, 0.15) is 11.2 Å². The van der Waals surface area contributed by atoms with Crippen molar-refractivity contribution in [3.8, 4) is 0 Å². The molecule has 5 heterocycles. The molecule has 6 atom stereocenters. The molecule has 23 heteroatoms. The van der Waals surface area contributed by atoms with Crippen molar-refractivity contribution in [2.75, 3.05) is 47.6 Å². The molecule has 0 aliphatic carbocycles. The van der Waals surface area contributed by atoms with Crippen LogP contribution in [0.3, 0.4) is 0 Å². The van der Waals surface area contributed by atoms with E-state index >= 15 is 0 Å². The lowest BCUT2D eigenvalue weighted by atomic mass is 10.0. The van der Waals surface area contributed by atoms with Gasteiger partial charge in [0.2, 0.25) is 17.7 Å². The summed E-state index contributed by atoms with van der Waals surface area (Å²) in [6.07, 6.45) is 8.77. The number of unbranched alkanes of at least 4 members (excludes halogenated alkanes) is 2. The van der Waals surface area contributed by atoms with Crippen LogP contribution >= 0.6 is 79.3 Å². The topological polar surface area (TPSA) is 240 Å². The number of primary amides is 1. The van der Waals surface area contributed by atoms with Crippen LogP contribution in [0, 0.1) is 10.1 Å². The predicted octanol–water partition coefficient (Wildman–Crippen LogP) is 4.59. The van der Waals surface area contributed by atoms with Crippen molar-refractivity contribution in [3.63, 3.8) is 0 Å². The number of nitrogens with zero attached hydrogens (tertiary/aromatic N) is 2. The number of carbonyl (C=O) groups is 5. The van der Waals surface area contributed by atoms with Crippen LogP contribution in [-0.4, -0.2) is 122 Å². The van der Waals surface area contributed by atoms with Crippen LogP contribution in [0.4, 0.5) is 15.3 Å². The zero-order valence-corrected chi connectivity index (χ0v) is 37.7. The fourth-order valence-electron chi connectivity index (χ4n) is 6.07. The monoisotopic (exact) mass is 925 g/mol. The number of pyridine rings is 1. The smallest absolute Gasteiger partial charge is 0.315 e. The van der Waals surface area contributed by atoms with Gasteiger partial charge in [0.05, 0.1) is 29.1 Å². The van der Waals surface area contributed by atoms with E-state index in [0.29, 0.717) is 64.9 Å². The van der Waals surface area contributed by atoms with E-state index in [-0.39, 0.29) is 47.6 Å². The van der Waals surface area contributed by atoms with Crippen molar-refractivity contribution < 1.29 is 28.9 Å². The summed E-state index contributed by atoms with van der Waals surface area (Å²) in [5.41, 5.74) is 4.94. The Bertz CT molecular complexity index is 1440. The Morgan fingerprint density at radius 3 is 1.93 bits per heavy atom. The van der Waals surface area contributed by atoms with E-state index in [4.69, 9.17) is 5.73 Å². The number of amides is 7. The van der Waals surface area contributed by atoms with Crippen molar-refractivity contribution in [2.24, 2.45) is 5.73 Å². The molecule has 320 valence electrons. The highest BCUT2D eigenvalue weighted by atomic mass is 33.1. The minimum Gasteiger partial charge on any atom is -0.370 e. The Balaban J connectivity index is 0.000000232. The Morgan fingerprint density at radius 2 is 1.44 bits per heavy atom. The first-order chi connectivity index (χ1) is 27.5. The number of carbonyl (C=O) groups excluding carboxylic acids is 5. The number of urea groups is 2. The Morgan fingerprint density at radius 1 is 0.860 bits per heavy atom. The average Bonchev–Trinajstić information content (AvgIpc) is 3.95. The molecule has 0 aromatic carbocycles. The van der Waals surface area contributed by atoms with Crippen LogP contribution in [-0.2, 0) is 14.4 Å². The van der Waals surface area contributed by atoms with Gasteiger partial charge in [-0.1, -0.05) is 52.1 Å². The maximum absolute atomic E-state index is 11.7. The number of nitro groups is 1. The minimum absolute atomic E-state index is 0.0289. The molecule has 5 rings (SSSR count). The van der Waals surface area contributed by atoms with E-state index in [1.807, 2.05) is 45.1 Å². The van der Waals surface area contributed by atoms with Gasteiger partial charge in [0.25, 0.3) is 5.69 Å². The molecule has 57 heavy (non-hydrogen) atoms. The van der Waals surface area contributed by atoms with Gasteiger partial charge in [-0.2, -0.15) is 36.2 Å². The number of thiol groups is 1. The van der Waals surface area contributed by atoms with Gasteiger partial charge in [-0.25, -0.2) is 14.6 Å². The highest BCUT2D eigenvalue weighted by molar-refractivity contribution is 8.77. The van der Waals surface area contributed by atoms with Gasteiger partial charge >= 0.3 is 12.1 Å². The third-order valence-electron chi connectivity index (χ3n) is 8.81. The number of rotatable bonds is 23. The van der Waals surface area contributed by atoms with Gasteiger partial charge in [-0.3, -0.25) is 24.5 Å². The van der Waals surface area contributed by atoms with Crippen molar-refractivity contribution >= 4 is 115 Å². The molecule has 0 bridgehead atoms. The number of nitrogens with two attached hydrogens (primary N) is 1. The number of thioether (sulfide) groups is 2.